The Morgan fingerprint density at radius 3 is 2.29 bits per heavy atom. The Morgan fingerprint density at radius 2 is 1.81 bits per heavy atom. The van der Waals surface area contributed by atoms with Crippen molar-refractivity contribution in [1.82, 2.24) is 9.80 Å². The van der Waals surface area contributed by atoms with Gasteiger partial charge in [0.1, 0.15) is 0 Å². The largest absolute Gasteiger partial charge is 0.481 e. The van der Waals surface area contributed by atoms with Crippen molar-refractivity contribution in [2.75, 3.05) is 32.8 Å². The first-order valence-electron chi connectivity index (χ1n) is 7.97. The van der Waals surface area contributed by atoms with Crippen LogP contribution in [-0.4, -0.2) is 70.7 Å². The summed E-state index contributed by atoms with van der Waals surface area (Å²) >= 11 is 0. The summed E-state index contributed by atoms with van der Waals surface area (Å²) in [5, 5.41) is 18.0. The predicted octanol–water partition coefficient (Wildman–Crippen LogP) is 0.546. The fourth-order valence-corrected chi connectivity index (χ4v) is 3.07. The zero-order chi connectivity index (χ0) is 15.2. The molecule has 1 amide bonds. The average Bonchev–Trinajstić information content (AvgIpc) is 2.42. The zero-order valence-electron chi connectivity index (χ0n) is 12.5. The van der Waals surface area contributed by atoms with Gasteiger partial charge in [0, 0.05) is 32.3 Å². The van der Waals surface area contributed by atoms with Crippen molar-refractivity contribution in [3.05, 3.63) is 0 Å². The van der Waals surface area contributed by atoms with Gasteiger partial charge in [-0.2, -0.15) is 0 Å². The molecule has 6 nitrogen and oxygen atoms in total. The molecule has 0 spiro atoms. The number of amides is 1. The lowest BCUT2D eigenvalue weighted by atomic mass is 9.91. The number of aliphatic hydroxyl groups is 1. The van der Waals surface area contributed by atoms with E-state index < -0.39 is 5.97 Å². The zero-order valence-corrected chi connectivity index (χ0v) is 12.5. The van der Waals surface area contributed by atoms with Gasteiger partial charge in [0.15, 0.2) is 0 Å². The van der Waals surface area contributed by atoms with Gasteiger partial charge in [-0.05, 0) is 32.1 Å². The summed E-state index contributed by atoms with van der Waals surface area (Å²) in [7, 11) is 0. The third kappa shape index (κ3) is 4.41. The van der Waals surface area contributed by atoms with E-state index in [4.69, 9.17) is 10.2 Å². The second-order valence-corrected chi connectivity index (χ2v) is 6.13. The van der Waals surface area contributed by atoms with E-state index in [0.29, 0.717) is 44.9 Å². The maximum atomic E-state index is 12.4. The van der Waals surface area contributed by atoms with Crippen molar-refractivity contribution in [2.45, 2.75) is 44.6 Å². The van der Waals surface area contributed by atoms with Crippen molar-refractivity contribution in [3.8, 4) is 0 Å². The number of aliphatic hydroxyl groups excluding tert-OH is 1. The Labute approximate surface area is 125 Å². The van der Waals surface area contributed by atoms with E-state index in [1.165, 1.54) is 6.42 Å². The minimum Gasteiger partial charge on any atom is -0.481 e. The summed E-state index contributed by atoms with van der Waals surface area (Å²) in [4.78, 5) is 27.3. The molecule has 1 saturated heterocycles. The molecule has 0 unspecified atom stereocenters. The topological polar surface area (TPSA) is 81.1 Å². The Balaban J connectivity index is 1.80. The quantitative estimate of drug-likeness (QED) is 0.717. The number of carbonyl (C=O) groups excluding carboxylic acids is 1. The van der Waals surface area contributed by atoms with Crippen LogP contribution in [0.4, 0.5) is 0 Å². The van der Waals surface area contributed by atoms with E-state index in [2.05, 4.69) is 4.90 Å². The van der Waals surface area contributed by atoms with Gasteiger partial charge in [-0.25, -0.2) is 0 Å². The van der Waals surface area contributed by atoms with Gasteiger partial charge in [0.25, 0.3) is 0 Å². The molecule has 0 aromatic heterocycles. The molecular formula is C15H26N2O4. The van der Waals surface area contributed by atoms with Crippen molar-refractivity contribution >= 4 is 11.9 Å². The van der Waals surface area contributed by atoms with Crippen LogP contribution in [-0.2, 0) is 9.59 Å². The average molecular weight is 298 g/mol. The minimum atomic E-state index is -0.749. The van der Waals surface area contributed by atoms with Crippen LogP contribution in [0.15, 0.2) is 0 Å². The molecule has 0 bridgehead atoms. The van der Waals surface area contributed by atoms with Crippen LogP contribution in [0.2, 0.25) is 0 Å². The Hall–Kier alpha value is -1.14. The van der Waals surface area contributed by atoms with Crippen LogP contribution < -0.4 is 0 Å². The van der Waals surface area contributed by atoms with E-state index in [-0.39, 0.29) is 18.4 Å². The van der Waals surface area contributed by atoms with E-state index in [1.54, 1.807) is 4.90 Å². The summed E-state index contributed by atoms with van der Waals surface area (Å²) in [6, 6.07) is 0.483. The maximum Gasteiger partial charge on any atom is 0.306 e. The molecule has 0 radical (unpaired) electrons. The molecule has 6 heteroatoms. The van der Waals surface area contributed by atoms with E-state index >= 15 is 0 Å². The van der Waals surface area contributed by atoms with Gasteiger partial charge in [-0.1, -0.05) is 6.42 Å². The summed E-state index contributed by atoms with van der Waals surface area (Å²) in [6.45, 7) is 2.42. The molecule has 21 heavy (non-hydrogen) atoms. The normalized spacial score (nSPS) is 20.6. The summed E-state index contributed by atoms with van der Waals surface area (Å²) < 4.78 is 0. The monoisotopic (exact) mass is 298 g/mol. The fraction of sp³-hybridized carbons (Fsp3) is 0.867. The van der Waals surface area contributed by atoms with Crippen molar-refractivity contribution in [1.29, 1.82) is 0 Å². The van der Waals surface area contributed by atoms with Gasteiger partial charge in [0.2, 0.25) is 5.91 Å². The second kappa shape index (κ2) is 7.75. The number of carboxylic acid groups (broad SMARTS) is 1. The summed E-state index contributed by atoms with van der Waals surface area (Å²) in [5.41, 5.74) is 0. The number of carboxylic acids is 1. The first kappa shape index (κ1) is 16.2. The Kier molecular flexibility index (Phi) is 5.99. The fourth-order valence-electron chi connectivity index (χ4n) is 3.07. The molecule has 0 aromatic carbocycles. The molecule has 120 valence electrons. The number of piperidine rings is 1. The minimum absolute atomic E-state index is 0.101. The van der Waals surface area contributed by atoms with E-state index in [1.807, 2.05) is 0 Å². The molecule has 2 N–H and O–H groups in total. The van der Waals surface area contributed by atoms with Gasteiger partial charge in [-0.15, -0.1) is 0 Å². The highest BCUT2D eigenvalue weighted by Crippen LogP contribution is 2.25. The smallest absolute Gasteiger partial charge is 0.306 e. The van der Waals surface area contributed by atoms with Crippen molar-refractivity contribution in [3.63, 3.8) is 0 Å². The van der Waals surface area contributed by atoms with Crippen LogP contribution in [0.25, 0.3) is 0 Å². The van der Waals surface area contributed by atoms with Gasteiger partial charge >= 0.3 is 5.97 Å². The van der Waals surface area contributed by atoms with Gasteiger partial charge in [-0.3, -0.25) is 14.5 Å². The predicted molar refractivity (Wildman–Crippen MR) is 77.9 cm³/mol. The molecule has 1 aliphatic heterocycles. The molecule has 0 aromatic rings. The molecule has 0 atom stereocenters. The molecule has 1 heterocycles. The number of rotatable bonds is 7. The van der Waals surface area contributed by atoms with Crippen LogP contribution >= 0.6 is 0 Å². The molecule has 1 saturated carbocycles. The summed E-state index contributed by atoms with van der Waals surface area (Å²) in [5.74, 6) is -0.948. The maximum absolute atomic E-state index is 12.4. The third-order valence-electron chi connectivity index (χ3n) is 4.73. The molecular weight excluding hydrogens is 272 g/mol. The molecule has 1 aliphatic carbocycles. The highest BCUT2D eigenvalue weighted by molar-refractivity contribution is 5.79. The first-order chi connectivity index (χ1) is 10.1. The lowest BCUT2D eigenvalue weighted by molar-refractivity contribution is -0.146. The standard InChI is InChI=1S/C15H26N2O4/c18-10-2-7-17(13-3-1-4-13)11-14(19)16-8-5-12(6-9-16)15(20)21/h12-13,18H,1-11H2,(H,20,21). The van der Waals surface area contributed by atoms with Gasteiger partial charge < -0.3 is 15.1 Å². The highest BCUT2D eigenvalue weighted by Gasteiger charge is 2.30. The number of hydrogen-bond donors (Lipinski definition) is 2. The lowest BCUT2D eigenvalue weighted by Crippen LogP contribution is -2.49. The van der Waals surface area contributed by atoms with Crippen LogP contribution in [0.1, 0.15) is 38.5 Å². The van der Waals surface area contributed by atoms with Crippen molar-refractivity contribution in [2.24, 2.45) is 5.92 Å². The number of hydrogen-bond acceptors (Lipinski definition) is 4. The molecule has 2 rings (SSSR count). The second-order valence-electron chi connectivity index (χ2n) is 6.13. The third-order valence-corrected chi connectivity index (χ3v) is 4.73. The first-order valence-corrected chi connectivity index (χ1v) is 7.97. The number of aliphatic carboxylic acids is 1. The van der Waals surface area contributed by atoms with Crippen LogP contribution in [0, 0.1) is 5.92 Å². The number of carbonyl (C=O) groups is 2. The SMILES string of the molecule is O=C(O)C1CCN(C(=O)CN(CCCO)C2CCC2)CC1. The number of likely N-dealkylation sites (tertiary alicyclic amines) is 1. The highest BCUT2D eigenvalue weighted by atomic mass is 16.4. The van der Waals surface area contributed by atoms with E-state index in [0.717, 1.165) is 19.4 Å². The molecule has 2 aliphatic rings. The summed E-state index contributed by atoms with van der Waals surface area (Å²) in [6.07, 6.45) is 5.31. The van der Waals surface area contributed by atoms with Gasteiger partial charge in [0.05, 0.1) is 12.5 Å². The number of nitrogens with zero attached hydrogens (tertiary/aromatic N) is 2. The van der Waals surface area contributed by atoms with Crippen LogP contribution in [0.3, 0.4) is 0 Å². The lowest BCUT2D eigenvalue weighted by Gasteiger charge is -2.39. The van der Waals surface area contributed by atoms with E-state index in [9.17, 15) is 9.59 Å². The Bertz CT molecular complexity index is 363. The Morgan fingerprint density at radius 1 is 1.14 bits per heavy atom. The molecule has 2 fully saturated rings. The van der Waals surface area contributed by atoms with Crippen LogP contribution in [0.5, 0.6) is 0 Å². The van der Waals surface area contributed by atoms with Crippen molar-refractivity contribution < 1.29 is 19.8 Å².